The van der Waals surface area contributed by atoms with E-state index >= 15 is 0 Å². The zero-order valence-corrected chi connectivity index (χ0v) is 86.7. The molecule has 14 N–H and O–H groups in total. The lowest BCUT2D eigenvalue weighted by atomic mass is 9.43. The van der Waals surface area contributed by atoms with Gasteiger partial charge in [-0.1, -0.05) is 118 Å². The van der Waals surface area contributed by atoms with Gasteiger partial charge in [-0.3, -0.25) is 0 Å². The second-order valence-corrected chi connectivity index (χ2v) is 51.1. The summed E-state index contributed by atoms with van der Waals surface area (Å²) in [7, 11) is 0. The van der Waals surface area contributed by atoms with Crippen LogP contribution in [-0.4, -0.2) is 158 Å². The van der Waals surface area contributed by atoms with Crippen molar-refractivity contribution in [3.63, 3.8) is 0 Å². The van der Waals surface area contributed by atoms with Gasteiger partial charge < -0.3 is 79.2 Å². The summed E-state index contributed by atoms with van der Waals surface area (Å²) in [4.78, 5) is 0. The highest BCUT2D eigenvalue weighted by Crippen LogP contribution is 2.67. The minimum Gasteiger partial charge on any atom is -0.379 e. The minimum absolute atomic E-state index is 0.173. The molecule has 0 spiro atoms. The molecule has 0 amide bonds. The first-order chi connectivity index (χ1) is 53.9. The number of benzene rings is 2. The molecule has 2 atom stereocenters. The zero-order valence-electron chi connectivity index (χ0n) is 86.7. The summed E-state index contributed by atoms with van der Waals surface area (Å²) in [5, 5.41) is 49.7. The van der Waals surface area contributed by atoms with Crippen LogP contribution < -0.4 is 74.4 Å². The van der Waals surface area contributed by atoms with Crippen molar-refractivity contribution in [3.8, 4) is 0 Å². The maximum atomic E-state index is 5.50. The van der Waals surface area contributed by atoms with Gasteiger partial charge >= 0.3 is 0 Å². The average Bonchev–Trinajstić information content (AvgIpc) is 0.729. The Balaban J connectivity index is 0.000000477. The van der Waals surface area contributed by atoms with E-state index in [2.05, 4.69) is 400 Å². The molecule has 119 heavy (non-hydrogen) atoms. The fourth-order valence-corrected chi connectivity index (χ4v) is 18.2. The Kier molecular flexibility index (Phi) is 46.9. The van der Waals surface area contributed by atoms with E-state index < -0.39 is 0 Å². The maximum Gasteiger partial charge on any atom is 0.0591 e. The fraction of sp³-hybridized carbons (Fsp3) is 0.885. The Morgan fingerprint density at radius 1 is 0.286 bits per heavy atom. The third-order valence-electron chi connectivity index (χ3n) is 23.2. The first-order valence-corrected chi connectivity index (χ1v) is 48.1. The Morgan fingerprint density at radius 2 is 0.571 bits per heavy atom. The zero-order chi connectivity index (χ0) is 91.2. The number of rotatable bonds is 34. The van der Waals surface area contributed by atoms with E-state index in [4.69, 9.17) is 4.74 Å². The van der Waals surface area contributed by atoms with Gasteiger partial charge in [0.15, 0.2) is 0 Å². The lowest BCUT2D eigenvalue weighted by Gasteiger charge is -2.63. The molecule has 15 nitrogen and oxygen atoms in total. The third-order valence-corrected chi connectivity index (χ3v) is 23.2. The molecule has 8 fully saturated rings. The Morgan fingerprint density at radius 3 is 0.908 bits per heavy atom. The van der Waals surface area contributed by atoms with Crippen LogP contribution in [0.1, 0.15) is 383 Å². The lowest BCUT2D eigenvalue weighted by Crippen LogP contribution is -2.59. The van der Waals surface area contributed by atoms with Gasteiger partial charge in [-0.15, -0.1) is 0 Å². The highest BCUT2D eigenvalue weighted by atomic mass is 16.5. The molecule has 0 aliphatic heterocycles. The van der Waals surface area contributed by atoms with Crippen molar-refractivity contribution >= 4 is 0 Å². The van der Waals surface area contributed by atoms with Gasteiger partial charge in [-0.25, -0.2) is 0 Å². The number of nitrogens with one attached hydrogen (secondary N) is 14. The first-order valence-electron chi connectivity index (χ1n) is 48.1. The molecule has 8 aliphatic carbocycles. The van der Waals surface area contributed by atoms with Gasteiger partial charge in [-0.05, 0) is 371 Å². The van der Waals surface area contributed by atoms with Crippen molar-refractivity contribution in [2.24, 2.45) is 50.7 Å². The minimum atomic E-state index is 0.173. The van der Waals surface area contributed by atoms with Crippen LogP contribution in [0.3, 0.4) is 0 Å². The van der Waals surface area contributed by atoms with Crippen molar-refractivity contribution in [1.29, 1.82) is 0 Å². The second kappa shape index (κ2) is 49.4. The molecule has 0 radical (unpaired) electrons. The van der Waals surface area contributed by atoms with Crippen molar-refractivity contribution < 1.29 is 4.74 Å². The van der Waals surface area contributed by atoms with Gasteiger partial charge in [0.2, 0.25) is 0 Å². The summed E-state index contributed by atoms with van der Waals surface area (Å²) in [5.74, 6) is 4.05. The Bertz CT molecular complexity index is 2910. The predicted octanol–water partition coefficient (Wildman–Crippen LogP) is 20.8. The van der Waals surface area contributed by atoms with Crippen LogP contribution >= 0.6 is 0 Å². The van der Waals surface area contributed by atoms with Crippen LogP contribution in [0.2, 0.25) is 0 Å². The molecule has 8 bridgehead atoms. The SMILES string of the molecule is CC(C)(C)NCC12CC3CC(C1)CC(CNC(C)(C)C)(C3)C2.CC(C)(C)NCCC12CC3CC(C1)CC(CNC(C)(C)C)(C3)C2.CC(C)(C)NCCOCCNC(C)(C)C.CC(C)NCC(C)(C)CNC(C)(C)C.CC(C)NCCNC(C)(C)C.CC(C)NCc1ccc(CNC(C)(C)C)cc1.CC(C)NCc1cccc(CNC(C)(C)C)c1. The van der Waals surface area contributed by atoms with Gasteiger partial charge in [0.05, 0.1) is 13.2 Å². The molecule has 2 unspecified atom stereocenters. The van der Waals surface area contributed by atoms with E-state index in [9.17, 15) is 0 Å². The van der Waals surface area contributed by atoms with E-state index in [0.717, 1.165) is 102 Å². The maximum absolute atomic E-state index is 5.50. The third kappa shape index (κ3) is 57.3. The average molecular weight is 1670 g/mol. The van der Waals surface area contributed by atoms with Gasteiger partial charge in [0.1, 0.15) is 0 Å². The van der Waals surface area contributed by atoms with E-state index in [0.29, 0.717) is 51.2 Å². The summed E-state index contributed by atoms with van der Waals surface area (Å²) in [5.41, 5.74) is 10.4. The van der Waals surface area contributed by atoms with Crippen molar-refractivity contribution in [2.75, 3.05) is 78.7 Å². The van der Waals surface area contributed by atoms with E-state index in [1.165, 1.54) is 132 Å². The topological polar surface area (TPSA) is 178 Å². The largest absolute Gasteiger partial charge is 0.379 e. The molecule has 8 saturated carbocycles. The lowest BCUT2D eigenvalue weighted by molar-refractivity contribution is -0.114. The van der Waals surface area contributed by atoms with Gasteiger partial charge in [0, 0.05) is 165 Å². The van der Waals surface area contributed by atoms with Gasteiger partial charge in [-0.2, -0.15) is 0 Å². The molecular formula is C104H208N14O. The van der Waals surface area contributed by atoms with Crippen LogP contribution in [0.25, 0.3) is 0 Å². The highest BCUT2D eigenvalue weighted by molar-refractivity contribution is 5.24. The normalized spacial score (nSPS) is 23.2. The number of hydrogen-bond donors (Lipinski definition) is 14. The standard InChI is InChI=1S/C21H40N2.C20H38N2.2C15H26N2.C12H28N2O.C12H28N2.C9H22N2/c1-18(2,3)22-8-7-20-10-16-9-17(11-20)13-21(12-16,14-20)15-23-19(4,5)6;1-17(2,3)21-13-19-8-15-7-16(9-19)11-20(10-15,12-19)14-22-18(4,5)6;1-12(2)16-10-13-6-8-14(9-7-13)11-17-15(3,4)5;1-12(2)16-10-13-7-6-8-14(9-13)11-17-15(3,4)5;1-11(2,3)13-7-9-15-10-8-14-12(4,5)6;1-10(2)13-8-12(6,7)9-14-11(3,4)5;1-8(2)10-6-7-11-9(3,4)5/h16-17,22-23H,7-15H2,1-6H3;15-16,21-22H,7-14H2,1-6H3;2*6-9,12,16-17H,10-11H2,1-5H3;13-14H,7-10H2,1-6H3;10,13-14H,8-9H2,1-7H3;8,10-11H,6-7H2,1-5H3. The summed E-state index contributed by atoms with van der Waals surface area (Å²) in [6, 6.07) is 19.8. The highest BCUT2D eigenvalue weighted by Gasteiger charge is 2.59. The van der Waals surface area contributed by atoms with Crippen molar-refractivity contribution in [3.05, 3.63) is 70.8 Å². The van der Waals surface area contributed by atoms with Crippen LogP contribution in [0, 0.1) is 50.7 Å². The van der Waals surface area contributed by atoms with Crippen LogP contribution in [0.15, 0.2) is 48.5 Å². The fourth-order valence-electron chi connectivity index (χ4n) is 18.2. The predicted molar refractivity (Wildman–Crippen MR) is 527 cm³/mol. The number of hydrogen-bond acceptors (Lipinski definition) is 15. The summed E-state index contributed by atoms with van der Waals surface area (Å²) >= 11 is 0. The van der Waals surface area contributed by atoms with Crippen LogP contribution in [0.4, 0.5) is 0 Å². The smallest absolute Gasteiger partial charge is 0.0591 e. The van der Waals surface area contributed by atoms with Crippen LogP contribution in [-0.2, 0) is 30.9 Å². The Hall–Kier alpha value is -2.16. The molecule has 10 rings (SSSR count). The summed E-state index contributed by atoms with van der Waals surface area (Å²) < 4.78 is 5.50. The molecular weight excluding hydrogens is 1460 g/mol. The quantitative estimate of drug-likeness (QED) is 0.0298. The summed E-state index contributed by atoms with van der Waals surface area (Å²) in [6.07, 6.45) is 19.4. The molecule has 2 aromatic carbocycles. The molecule has 15 heteroatoms. The summed E-state index contributed by atoms with van der Waals surface area (Å²) in [6.45, 7) is 105. The second-order valence-electron chi connectivity index (χ2n) is 51.1. The number of ether oxygens (including phenoxy) is 1. The van der Waals surface area contributed by atoms with E-state index in [1.54, 1.807) is 0 Å². The molecule has 0 heterocycles. The van der Waals surface area contributed by atoms with Gasteiger partial charge in [0.25, 0.3) is 0 Å². The van der Waals surface area contributed by atoms with Crippen LogP contribution in [0.5, 0.6) is 0 Å². The first kappa shape index (κ1) is 113. The molecule has 8 aliphatic rings. The van der Waals surface area contributed by atoms with Crippen molar-refractivity contribution in [1.82, 2.24) is 74.4 Å². The molecule has 700 valence electrons. The molecule has 0 saturated heterocycles. The monoisotopic (exact) mass is 1670 g/mol. The van der Waals surface area contributed by atoms with E-state index in [1.807, 2.05) is 0 Å². The molecule has 0 aromatic heterocycles. The van der Waals surface area contributed by atoms with Crippen molar-refractivity contribution in [2.45, 2.75) is 466 Å². The Labute approximate surface area is 741 Å². The van der Waals surface area contributed by atoms with E-state index in [-0.39, 0.29) is 55.4 Å². The molecule has 2 aromatic rings.